The number of carbonyl (C=O) groups excluding carboxylic acids is 8. The summed E-state index contributed by atoms with van der Waals surface area (Å²) in [5.41, 5.74) is 0.155. The third-order valence-electron chi connectivity index (χ3n) is 14.6. The quantitative estimate of drug-likeness (QED) is 0.00992. The van der Waals surface area contributed by atoms with Gasteiger partial charge in [-0.25, -0.2) is 14.4 Å². The van der Waals surface area contributed by atoms with Gasteiger partial charge >= 0.3 is 24.0 Å². The van der Waals surface area contributed by atoms with Gasteiger partial charge in [-0.05, 0) is 141 Å². The van der Waals surface area contributed by atoms with Gasteiger partial charge in [-0.3, -0.25) is 39.2 Å². The number of aromatic nitrogens is 2. The van der Waals surface area contributed by atoms with Crippen LogP contribution < -0.4 is 36.1 Å². The lowest BCUT2D eigenvalue weighted by Gasteiger charge is -2.32. The summed E-state index contributed by atoms with van der Waals surface area (Å²) in [6.45, 7) is 18.3. The Hall–Kier alpha value is -9.10. The molecular weight excluding hydrogens is 1220 g/mol. The molecule has 2 heterocycles. The lowest BCUT2D eigenvalue weighted by molar-refractivity contribution is -0.386. The van der Waals surface area contributed by atoms with Gasteiger partial charge in [0.15, 0.2) is 11.6 Å². The minimum atomic E-state index is -1.66. The molecule has 26 heteroatoms. The number of unbranched alkanes of at least 4 members (excludes halogenated alkanes) is 1. The van der Waals surface area contributed by atoms with E-state index in [0.29, 0.717) is 40.1 Å². The zero-order valence-electron chi connectivity index (χ0n) is 54.7. The Balaban J connectivity index is 1.45. The van der Waals surface area contributed by atoms with Crippen molar-refractivity contribution in [1.82, 2.24) is 41.7 Å². The normalized spacial score (nSPS) is 16.2. The first-order valence-electron chi connectivity index (χ1n) is 30.7. The first-order chi connectivity index (χ1) is 43.7. The fraction of sp³-hybridized carbons (Fsp3) is 0.478. The first-order valence-corrected chi connectivity index (χ1v) is 31.1. The Bertz CT molecular complexity index is 3470. The molecule has 7 N–H and O–H groups in total. The second-order valence-corrected chi connectivity index (χ2v) is 26.3. The number of ketones is 2. The van der Waals surface area contributed by atoms with Gasteiger partial charge < -0.3 is 60.3 Å². The molecule has 25 nitrogen and oxygen atoms in total. The number of H-pyrrole nitrogens is 1. The summed E-state index contributed by atoms with van der Waals surface area (Å²) in [7, 11) is 1.44. The topological polar surface area (TPSA) is 338 Å². The summed E-state index contributed by atoms with van der Waals surface area (Å²) >= 11 is 6.15. The number of nitro groups is 1. The Morgan fingerprint density at radius 2 is 1.27 bits per heavy atom. The largest absolute Gasteiger partial charge is 0.491 e. The number of alkyl carbamates (subject to hydrolysis) is 3. The average Bonchev–Trinajstić information content (AvgIpc) is 1.24. The summed E-state index contributed by atoms with van der Waals surface area (Å²) in [5, 5.41) is 43.3. The number of benzene rings is 4. The van der Waals surface area contributed by atoms with Crippen molar-refractivity contribution in [3.05, 3.63) is 129 Å². The number of hydrogen-bond acceptors (Lipinski definition) is 17. The number of aliphatic hydroxyl groups is 1. The summed E-state index contributed by atoms with van der Waals surface area (Å²) < 4.78 is 29.1. The standard InChI is InChI=1S/C67H86ClN9O16/c1-39-33-53(79)57(76(12)61(83)46(15-13-14-28-69-62(84)91-65(3,4)5)37-52(78)44-19-17-42(18-20-44)43-21-24-47(68)25-22-43)45-23-27-55(90-32-30-71-64(86)93-67(9,10)11)49(36-45)48-34-41(16-26-54(48)89-31-29-70-63(85)92-66(6,7)8)35-50(74-59(39)81)60(82)73-40(2)58(80)56-51(77(87)88)38-72-75-56/h16-27,34,36,38-40,46,50,57-58,80H,13-15,28-33,35,37H2,1-12H3,(H,69,84)(H,70,85)(H,71,86)(H,72,75)(H,73,82)(H,74,81)/t39-,40+,46-,50+,57+,58?/m1/s1. The fourth-order valence-corrected chi connectivity index (χ4v) is 10.3. The third kappa shape index (κ3) is 22.3. The minimum absolute atomic E-state index is 0.0316. The monoisotopic (exact) mass is 1310 g/mol. The number of aromatic amines is 1. The Morgan fingerprint density at radius 1 is 0.742 bits per heavy atom. The molecule has 502 valence electrons. The summed E-state index contributed by atoms with van der Waals surface area (Å²) in [5.74, 6) is -4.91. The maximum Gasteiger partial charge on any atom is 0.407 e. The van der Waals surface area contributed by atoms with Gasteiger partial charge in [-0.2, -0.15) is 5.10 Å². The molecular formula is C67H86ClN9O16. The lowest BCUT2D eigenvalue weighted by Crippen LogP contribution is -2.52. The van der Waals surface area contributed by atoms with E-state index in [1.54, 1.807) is 135 Å². The van der Waals surface area contributed by atoms with Crippen molar-refractivity contribution < 1.29 is 72.1 Å². The van der Waals surface area contributed by atoms with E-state index in [9.17, 15) is 44.0 Å². The molecule has 5 aromatic rings. The van der Waals surface area contributed by atoms with E-state index >= 15 is 9.59 Å². The van der Waals surface area contributed by atoms with E-state index < -0.39 is 112 Å². The highest BCUT2D eigenvalue weighted by Crippen LogP contribution is 2.41. The number of likely N-dealkylation sites (N-methyl/N-ethyl adjacent to an activating group) is 1. The first kappa shape index (κ1) is 73.0. The van der Waals surface area contributed by atoms with Crippen LogP contribution in [0.25, 0.3) is 22.3 Å². The second-order valence-electron chi connectivity index (χ2n) is 25.8. The number of halogens is 1. The number of rotatable bonds is 24. The van der Waals surface area contributed by atoms with Crippen molar-refractivity contribution in [2.24, 2.45) is 11.8 Å². The predicted octanol–water partition coefficient (Wildman–Crippen LogP) is 10.1. The van der Waals surface area contributed by atoms with Crippen LogP contribution in [0.2, 0.25) is 5.02 Å². The SMILES string of the molecule is C[C@@H]1CC(=O)[C@@H](N(C)C(=O)[C@H](CCCCNC(=O)OC(C)(C)C)CC(=O)c2ccc(-c3ccc(Cl)cc3)cc2)c2ccc(OCCNC(=O)OC(C)(C)C)c(c2)-c2cc(ccc2OCCNC(=O)OC(C)(C)C)C[C@@H](C(=O)N[C@@H](C)C(O)c2[nH]ncc2[N+](=O)[O-])NC1=O. The highest BCUT2D eigenvalue weighted by Gasteiger charge is 2.38. The van der Waals surface area contributed by atoms with Crippen LogP contribution in [0.3, 0.4) is 0 Å². The van der Waals surface area contributed by atoms with Crippen LogP contribution >= 0.6 is 11.6 Å². The van der Waals surface area contributed by atoms with Crippen molar-refractivity contribution in [3.63, 3.8) is 0 Å². The number of nitrogens with one attached hydrogen (secondary N) is 6. The van der Waals surface area contributed by atoms with Gasteiger partial charge in [-0.15, -0.1) is 0 Å². The van der Waals surface area contributed by atoms with Crippen LogP contribution in [0.4, 0.5) is 20.1 Å². The number of ether oxygens (including phenoxy) is 5. The highest BCUT2D eigenvalue weighted by molar-refractivity contribution is 6.30. The Labute approximate surface area is 546 Å². The summed E-state index contributed by atoms with van der Waals surface area (Å²) in [6, 6.07) is 19.8. The van der Waals surface area contributed by atoms with Crippen molar-refractivity contribution in [1.29, 1.82) is 0 Å². The average molecular weight is 1310 g/mol. The van der Waals surface area contributed by atoms with Crippen LogP contribution in [0, 0.1) is 22.0 Å². The van der Waals surface area contributed by atoms with Crippen LogP contribution in [0.15, 0.2) is 91.1 Å². The molecule has 0 fully saturated rings. The van der Waals surface area contributed by atoms with E-state index in [0.717, 1.165) is 17.3 Å². The molecule has 0 radical (unpaired) electrons. The maximum atomic E-state index is 15.5. The molecule has 4 aromatic carbocycles. The molecule has 93 heavy (non-hydrogen) atoms. The second kappa shape index (κ2) is 32.5. The van der Waals surface area contributed by atoms with Crippen LogP contribution in [-0.4, -0.2) is 141 Å². The molecule has 0 saturated carbocycles. The van der Waals surface area contributed by atoms with Crippen LogP contribution in [0.5, 0.6) is 11.5 Å². The van der Waals surface area contributed by atoms with Gasteiger partial charge in [0.1, 0.15) is 71.6 Å². The number of Topliss-reactive ketones (excluding diaryl/α,β-unsaturated/α-hetero) is 2. The van der Waals surface area contributed by atoms with E-state index in [1.165, 1.54) is 25.8 Å². The van der Waals surface area contributed by atoms with Gasteiger partial charge in [0.25, 0.3) is 0 Å². The lowest BCUT2D eigenvalue weighted by atomic mass is 9.88. The van der Waals surface area contributed by atoms with Crippen molar-refractivity contribution >= 4 is 64.9 Å². The van der Waals surface area contributed by atoms with E-state index in [-0.39, 0.29) is 80.7 Å². The third-order valence-corrected chi connectivity index (χ3v) is 14.8. The van der Waals surface area contributed by atoms with E-state index in [2.05, 4.69) is 36.8 Å². The zero-order chi connectivity index (χ0) is 68.5. The molecule has 0 aliphatic carbocycles. The van der Waals surface area contributed by atoms with Crippen molar-refractivity contribution in [2.45, 2.75) is 156 Å². The molecule has 0 saturated heterocycles. The molecule has 1 aromatic heterocycles. The molecule has 1 aliphatic rings. The van der Waals surface area contributed by atoms with Crippen molar-refractivity contribution in [2.75, 3.05) is 39.9 Å². The molecule has 6 amide bonds. The van der Waals surface area contributed by atoms with E-state index in [1.807, 2.05) is 12.1 Å². The summed E-state index contributed by atoms with van der Waals surface area (Å²) in [6.07, 6.45) is -2.88. The van der Waals surface area contributed by atoms with Crippen LogP contribution in [-0.2, 0) is 39.8 Å². The number of fused-ring (bicyclic) bond motifs is 5. The molecule has 6 atom stereocenters. The molecule has 6 rings (SSSR count). The number of hydrogen-bond donors (Lipinski definition) is 7. The number of aliphatic hydroxyl groups excluding tert-OH is 1. The molecule has 1 unspecified atom stereocenters. The van der Waals surface area contributed by atoms with Gasteiger partial charge in [0, 0.05) is 66.4 Å². The highest BCUT2D eigenvalue weighted by atomic mass is 35.5. The summed E-state index contributed by atoms with van der Waals surface area (Å²) in [4.78, 5) is 125. The zero-order valence-corrected chi connectivity index (χ0v) is 55.4. The van der Waals surface area contributed by atoms with Gasteiger partial charge in [-0.1, -0.05) is 73.5 Å². The number of amides is 6. The molecule has 1 aliphatic heterocycles. The smallest absolute Gasteiger partial charge is 0.407 e. The van der Waals surface area contributed by atoms with Crippen molar-refractivity contribution in [3.8, 4) is 33.8 Å². The number of carbonyl (C=O) groups is 8. The Kier molecular flexibility index (Phi) is 25.5. The van der Waals surface area contributed by atoms with Gasteiger partial charge in [0.05, 0.1) is 24.1 Å². The minimum Gasteiger partial charge on any atom is -0.491 e. The predicted molar refractivity (Wildman–Crippen MR) is 346 cm³/mol. The molecule has 4 bridgehead atoms. The Morgan fingerprint density at radius 3 is 1.82 bits per heavy atom. The van der Waals surface area contributed by atoms with Gasteiger partial charge in [0.2, 0.25) is 17.7 Å². The van der Waals surface area contributed by atoms with Crippen LogP contribution in [0.1, 0.15) is 148 Å². The maximum absolute atomic E-state index is 15.5. The fourth-order valence-electron chi connectivity index (χ4n) is 10.1. The molecule has 0 spiro atoms. The number of nitrogens with zero attached hydrogens (tertiary/aromatic N) is 3. The van der Waals surface area contributed by atoms with E-state index in [4.69, 9.17) is 35.3 Å².